The Morgan fingerprint density at radius 3 is 2.53 bits per heavy atom. The number of rotatable bonds is 4. The first kappa shape index (κ1) is 14.1. The monoisotopic (exact) mass is 264 g/mol. The average molecular weight is 264 g/mol. The number of carbonyl (C=O) groups is 1. The smallest absolute Gasteiger partial charge is 0.222 e. The maximum Gasteiger partial charge on any atom is 0.222 e. The van der Waals surface area contributed by atoms with Gasteiger partial charge < -0.3 is 15.6 Å². The molecule has 5 nitrogen and oxygen atoms in total. The van der Waals surface area contributed by atoms with E-state index in [1.807, 2.05) is 10.8 Å². The van der Waals surface area contributed by atoms with Gasteiger partial charge in [0.25, 0.3) is 0 Å². The molecular weight excluding hydrogens is 240 g/mol. The Labute approximate surface area is 114 Å². The molecule has 1 aromatic rings. The van der Waals surface area contributed by atoms with Gasteiger partial charge in [0.1, 0.15) is 0 Å². The van der Waals surface area contributed by atoms with Crippen molar-refractivity contribution in [3.8, 4) is 0 Å². The normalized spacial score (nSPS) is 27.6. The molecule has 0 unspecified atom stereocenters. The molecule has 1 aliphatic rings. The van der Waals surface area contributed by atoms with E-state index in [0.717, 1.165) is 0 Å². The second kappa shape index (κ2) is 4.63. The van der Waals surface area contributed by atoms with Crippen molar-refractivity contribution in [2.45, 2.75) is 52.7 Å². The Balaban J connectivity index is 1.89. The molecular formula is C14H24N4O. The summed E-state index contributed by atoms with van der Waals surface area (Å²) in [5, 5.41) is 3.14. The van der Waals surface area contributed by atoms with E-state index in [2.05, 4.69) is 38.0 Å². The molecule has 5 heteroatoms. The van der Waals surface area contributed by atoms with Gasteiger partial charge in [-0.15, -0.1) is 0 Å². The molecule has 1 aliphatic carbocycles. The summed E-state index contributed by atoms with van der Waals surface area (Å²) in [6.07, 6.45) is 5.77. The number of aryl methyl sites for hydroxylation is 1. The highest BCUT2D eigenvalue weighted by Crippen LogP contribution is 2.52. The van der Waals surface area contributed by atoms with Crippen LogP contribution in [-0.4, -0.2) is 27.5 Å². The molecule has 0 aromatic carbocycles. The third-order valence-corrected chi connectivity index (χ3v) is 4.55. The number of imidazole rings is 1. The van der Waals surface area contributed by atoms with Crippen molar-refractivity contribution in [3.63, 3.8) is 0 Å². The van der Waals surface area contributed by atoms with E-state index in [1.54, 1.807) is 12.5 Å². The van der Waals surface area contributed by atoms with Crippen molar-refractivity contribution in [3.05, 3.63) is 18.7 Å². The number of nitrogens with two attached hydrogens (primary N) is 1. The van der Waals surface area contributed by atoms with Gasteiger partial charge in [-0.2, -0.15) is 0 Å². The van der Waals surface area contributed by atoms with Crippen LogP contribution in [-0.2, 0) is 11.3 Å². The summed E-state index contributed by atoms with van der Waals surface area (Å²) >= 11 is 0. The van der Waals surface area contributed by atoms with Crippen molar-refractivity contribution in [1.82, 2.24) is 14.9 Å². The second-order valence-electron chi connectivity index (χ2n) is 6.67. The maximum absolute atomic E-state index is 12.0. The van der Waals surface area contributed by atoms with Crippen molar-refractivity contribution in [1.29, 1.82) is 0 Å². The van der Waals surface area contributed by atoms with Crippen LogP contribution in [0.3, 0.4) is 0 Å². The quantitative estimate of drug-likeness (QED) is 0.857. The van der Waals surface area contributed by atoms with Crippen LogP contribution in [0, 0.1) is 10.8 Å². The predicted molar refractivity (Wildman–Crippen MR) is 74.3 cm³/mol. The highest BCUT2D eigenvalue weighted by atomic mass is 16.1. The van der Waals surface area contributed by atoms with Crippen LogP contribution in [0.25, 0.3) is 0 Å². The number of hydrogen-bond acceptors (Lipinski definition) is 3. The molecule has 2 rings (SSSR count). The molecule has 19 heavy (non-hydrogen) atoms. The summed E-state index contributed by atoms with van der Waals surface area (Å²) in [6.45, 7) is 9.12. The molecule has 1 amide bonds. The number of aromatic nitrogens is 2. The number of nitrogens with zero attached hydrogens (tertiary/aromatic N) is 2. The molecule has 0 bridgehead atoms. The SMILES string of the molecule is CC1(C)C(N)C(C)(C)C1NC(=O)CCn1ccnc1. The van der Waals surface area contributed by atoms with Crippen LogP contribution >= 0.6 is 0 Å². The standard InChI is InChI=1S/C14H24N4O/c1-13(2)11(15)14(3,4)12(13)17-10(19)5-7-18-8-6-16-9-18/h6,8-9,11-12H,5,7,15H2,1-4H3,(H,17,19). The number of carbonyl (C=O) groups excluding carboxylic acids is 1. The molecule has 3 N–H and O–H groups in total. The molecule has 0 radical (unpaired) electrons. The van der Waals surface area contributed by atoms with E-state index in [9.17, 15) is 4.79 Å². The summed E-state index contributed by atoms with van der Waals surface area (Å²) in [5.74, 6) is 0.0757. The van der Waals surface area contributed by atoms with Crippen LogP contribution in [0.2, 0.25) is 0 Å². The number of hydrogen-bond donors (Lipinski definition) is 2. The van der Waals surface area contributed by atoms with Gasteiger partial charge in [-0.3, -0.25) is 4.79 Å². The molecule has 1 saturated carbocycles. The van der Waals surface area contributed by atoms with E-state index < -0.39 is 0 Å². The summed E-state index contributed by atoms with van der Waals surface area (Å²) in [4.78, 5) is 16.0. The van der Waals surface area contributed by atoms with Gasteiger partial charge >= 0.3 is 0 Å². The summed E-state index contributed by atoms with van der Waals surface area (Å²) in [6, 6.07) is 0.240. The largest absolute Gasteiger partial charge is 0.352 e. The van der Waals surface area contributed by atoms with Gasteiger partial charge in [0.15, 0.2) is 0 Å². The Morgan fingerprint density at radius 1 is 1.37 bits per heavy atom. The lowest BCUT2D eigenvalue weighted by Gasteiger charge is -2.62. The minimum atomic E-state index is -0.0475. The van der Waals surface area contributed by atoms with Crippen molar-refractivity contribution < 1.29 is 4.79 Å². The van der Waals surface area contributed by atoms with E-state index >= 15 is 0 Å². The van der Waals surface area contributed by atoms with Gasteiger partial charge in [0.05, 0.1) is 6.33 Å². The van der Waals surface area contributed by atoms with Crippen LogP contribution in [0.1, 0.15) is 34.1 Å². The summed E-state index contributed by atoms with van der Waals surface area (Å²) in [5.41, 5.74) is 6.09. The van der Waals surface area contributed by atoms with Gasteiger partial charge in [0, 0.05) is 48.3 Å². The van der Waals surface area contributed by atoms with E-state index in [-0.39, 0.29) is 28.8 Å². The van der Waals surface area contributed by atoms with Gasteiger partial charge in [0.2, 0.25) is 5.91 Å². The van der Waals surface area contributed by atoms with E-state index in [4.69, 9.17) is 5.73 Å². The zero-order valence-electron chi connectivity index (χ0n) is 12.2. The Hall–Kier alpha value is -1.36. The van der Waals surface area contributed by atoms with Crippen LogP contribution in [0.5, 0.6) is 0 Å². The fourth-order valence-corrected chi connectivity index (χ4v) is 3.44. The molecule has 0 spiro atoms. The molecule has 0 atom stereocenters. The minimum Gasteiger partial charge on any atom is -0.352 e. The third-order valence-electron chi connectivity index (χ3n) is 4.55. The van der Waals surface area contributed by atoms with Gasteiger partial charge in [-0.05, 0) is 0 Å². The molecule has 0 saturated heterocycles. The maximum atomic E-state index is 12.0. The molecule has 1 aromatic heterocycles. The summed E-state index contributed by atoms with van der Waals surface area (Å²) < 4.78 is 1.91. The molecule has 1 fully saturated rings. The number of amides is 1. The zero-order valence-corrected chi connectivity index (χ0v) is 12.2. The topological polar surface area (TPSA) is 72.9 Å². The highest BCUT2D eigenvalue weighted by molar-refractivity contribution is 5.76. The Bertz CT molecular complexity index is 434. The zero-order chi connectivity index (χ0) is 14.3. The fourth-order valence-electron chi connectivity index (χ4n) is 3.44. The van der Waals surface area contributed by atoms with Crippen LogP contribution in [0.4, 0.5) is 0 Å². The number of nitrogens with one attached hydrogen (secondary N) is 1. The Morgan fingerprint density at radius 2 is 2.00 bits per heavy atom. The Kier molecular flexibility index (Phi) is 3.43. The second-order valence-corrected chi connectivity index (χ2v) is 6.67. The fraction of sp³-hybridized carbons (Fsp3) is 0.714. The van der Waals surface area contributed by atoms with Gasteiger partial charge in [-0.25, -0.2) is 4.98 Å². The molecule has 0 aliphatic heterocycles. The first-order valence-corrected chi connectivity index (χ1v) is 6.77. The van der Waals surface area contributed by atoms with Crippen LogP contribution < -0.4 is 11.1 Å². The molecule has 106 valence electrons. The van der Waals surface area contributed by atoms with E-state index in [0.29, 0.717) is 13.0 Å². The summed E-state index contributed by atoms with van der Waals surface area (Å²) in [7, 11) is 0. The van der Waals surface area contributed by atoms with Crippen molar-refractivity contribution >= 4 is 5.91 Å². The highest BCUT2D eigenvalue weighted by Gasteiger charge is 2.60. The van der Waals surface area contributed by atoms with Crippen molar-refractivity contribution in [2.75, 3.05) is 0 Å². The first-order chi connectivity index (χ1) is 8.76. The minimum absolute atomic E-state index is 0.0475. The van der Waals surface area contributed by atoms with Crippen molar-refractivity contribution in [2.24, 2.45) is 16.6 Å². The predicted octanol–water partition coefficient (Wildman–Crippen LogP) is 1.15. The average Bonchev–Trinajstić information content (AvgIpc) is 2.85. The lowest BCUT2D eigenvalue weighted by Crippen LogP contribution is -2.76. The first-order valence-electron chi connectivity index (χ1n) is 6.77. The van der Waals surface area contributed by atoms with E-state index in [1.165, 1.54) is 0 Å². The molecule has 1 heterocycles. The van der Waals surface area contributed by atoms with Gasteiger partial charge in [-0.1, -0.05) is 27.7 Å². The lowest BCUT2D eigenvalue weighted by atomic mass is 9.48. The van der Waals surface area contributed by atoms with Crippen LogP contribution in [0.15, 0.2) is 18.7 Å². The lowest BCUT2D eigenvalue weighted by molar-refractivity contribution is -0.132. The third kappa shape index (κ3) is 2.39.